The summed E-state index contributed by atoms with van der Waals surface area (Å²) in [5.74, 6) is 0.368. The SMILES string of the molecule is C[C@@H]1CC2(CCN1C(=O)OC(C)(C)C)CC(=O)C2. The van der Waals surface area contributed by atoms with Crippen molar-refractivity contribution in [1.29, 1.82) is 0 Å². The first-order valence-corrected chi connectivity index (χ1v) is 6.72. The maximum absolute atomic E-state index is 12.0. The maximum Gasteiger partial charge on any atom is 0.410 e. The van der Waals surface area contributed by atoms with E-state index in [4.69, 9.17) is 4.74 Å². The number of amides is 1. The highest BCUT2D eigenvalue weighted by molar-refractivity contribution is 5.86. The number of ether oxygens (including phenoxy) is 1. The van der Waals surface area contributed by atoms with Crippen LogP contribution in [0.5, 0.6) is 0 Å². The molecule has 1 amide bonds. The predicted molar refractivity (Wildman–Crippen MR) is 68.3 cm³/mol. The van der Waals surface area contributed by atoms with Gasteiger partial charge in [0.1, 0.15) is 11.4 Å². The first-order chi connectivity index (χ1) is 8.21. The Morgan fingerprint density at radius 3 is 2.44 bits per heavy atom. The summed E-state index contributed by atoms with van der Waals surface area (Å²) < 4.78 is 5.41. The van der Waals surface area contributed by atoms with Crippen LogP contribution in [0.1, 0.15) is 53.4 Å². The van der Waals surface area contributed by atoms with Crippen LogP contribution < -0.4 is 0 Å². The molecule has 2 fully saturated rings. The number of nitrogens with zero attached hydrogens (tertiary/aromatic N) is 1. The Bertz CT molecular complexity index is 362. The molecule has 0 aromatic carbocycles. The molecule has 1 spiro atoms. The minimum absolute atomic E-state index is 0.168. The molecule has 4 nitrogen and oxygen atoms in total. The van der Waals surface area contributed by atoms with Crippen molar-refractivity contribution in [2.45, 2.75) is 65.0 Å². The van der Waals surface area contributed by atoms with Crippen molar-refractivity contribution >= 4 is 11.9 Å². The van der Waals surface area contributed by atoms with Crippen LogP contribution in [0.15, 0.2) is 0 Å². The number of rotatable bonds is 0. The van der Waals surface area contributed by atoms with Gasteiger partial charge in [-0.2, -0.15) is 0 Å². The third-order valence-electron chi connectivity index (χ3n) is 3.92. The van der Waals surface area contributed by atoms with Gasteiger partial charge in [0.25, 0.3) is 0 Å². The van der Waals surface area contributed by atoms with Crippen LogP contribution in [0.25, 0.3) is 0 Å². The van der Waals surface area contributed by atoms with Gasteiger partial charge in [0.15, 0.2) is 0 Å². The predicted octanol–water partition coefficient (Wildman–Crippen LogP) is 2.76. The van der Waals surface area contributed by atoms with Crippen molar-refractivity contribution in [3.63, 3.8) is 0 Å². The standard InChI is InChI=1S/C14H23NO3/c1-10-7-14(8-11(16)9-14)5-6-15(10)12(17)18-13(2,3)4/h10H,5-9H2,1-4H3/t10-/m1/s1. The zero-order valence-electron chi connectivity index (χ0n) is 11.8. The van der Waals surface area contributed by atoms with Crippen LogP contribution in [0.3, 0.4) is 0 Å². The van der Waals surface area contributed by atoms with E-state index in [0.29, 0.717) is 25.2 Å². The summed E-state index contributed by atoms with van der Waals surface area (Å²) in [6.45, 7) is 8.40. The maximum atomic E-state index is 12.0. The number of carbonyl (C=O) groups is 2. The molecule has 0 bridgehead atoms. The highest BCUT2D eigenvalue weighted by atomic mass is 16.6. The molecule has 18 heavy (non-hydrogen) atoms. The monoisotopic (exact) mass is 253 g/mol. The zero-order chi connectivity index (χ0) is 13.6. The largest absolute Gasteiger partial charge is 0.444 e. The van der Waals surface area contributed by atoms with E-state index in [9.17, 15) is 9.59 Å². The van der Waals surface area contributed by atoms with Crippen molar-refractivity contribution in [2.75, 3.05) is 6.54 Å². The zero-order valence-corrected chi connectivity index (χ0v) is 11.8. The molecular weight excluding hydrogens is 230 g/mol. The van der Waals surface area contributed by atoms with Crippen LogP contribution in [-0.2, 0) is 9.53 Å². The van der Waals surface area contributed by atoms with Crippen molar-refractivity contribution < 1.29 is 14.3 Å². The first-order valence-electron chi connectivity index (χ1n) is 6.72. The van der Waals surface area contributed by atoms with Crippen molar-refractivity contribution in [1.82, 2.24) is 4.90 Å². The van der Waals surface area contributed by atoms with Crippen LogP contribution >= 0.6 is 0 Å². The van der Waals surface area contributed by atoms with Crippen LogP contribution in [0, 0.1) is 5.41 Å². The number of Topliss-reactive ketones (excluding diaryl/α,β-unsaturated/α-hetero) is 1. The summed E-state index contributed by atoms with van der Waals surface area (Å²) in [5.41, 5.74) is -0.257. The first kappa shape index (κ1) is 13.4. The van der Waals surface area contributed by atoms with E-state index >= 15 is 0 Å². The molecule has 0 radical (unpaired) electrons. The van der Waals surface area contributed by atoms with Gasteiger partial charge in [-0.15, -0.1) is 0 Å². The molecule has 1 aliphatic heterocycles. The highest BCUT2D eigenvalue weighted by Gasteiger charge is 2.48. The van der Waals surface area contributed by atoms with E-state index in [1.54, 1.807) is 4.90 Å². The fraction of sp³-hybridized carbons (Fsp3) is 0.857. The summed E-state index contributed by atoms with van der Waals surface area (Å²) in [4.78, 5) is 25.0. The average molecular weight is 253 g/mol. The molecule has 1 atom stereocenters. The summed E-state index contributed by atoms with van der Waals surface area (Å²) in [5, 5.41) is 0. The number of hydrogen-bond donors (Lipinski definition) is 0. The third kappa shape index (κ3) is 2.68. The number of piperidine rings is 1. The lowest BCUT2D eigenvalue weighted by Crippen LogP contribution is -2.53. The average Bonchev–Trinajstić information content (AvgIpc) is 2.12. The summed E-state index contributed by atoms with van der Waals surface area (Å²) in [7, 11) is 0. The van der Waals surface area contributed by atoms with Gasteiger partial charge in [0.05, 0.1) is 0 Å². The molecule has 1 heterocycles. The molecule has 0 N–H and O–H groups in total. The molecule has 1 saturated heterocycles. The van der Waals surface area contributed by atoms with E-state index in [2.05, 4.69) is 0 Å². The normalized spacial score (nSPS) is 27.0. The number of likely N-dealkylation sites (tertiary alicyclic amines) is 1. The van der Waals surface area contributed by atoms with Gasteiger partial charge in [0.2, 0.25) is 0 Å². The van der Waals surface area contributed by atoms with Gasteiger partial charge in [0, 0.05) is 25.4 Å². The Balaban J connectivity index is 1.93. The lowest BCUT2D eigenvalue weighted by Gasteiger charge is -2.49. The van der Waals surface area contributed by atoms with Crippen molar-refractivity contribution in [3.05, 3.63) is 0 Å². The fourth-order valence-electron chi connectivity index (χ4n) is 3.11. The smallest absolute Gasteiger partial charge is 0.410 e. The quantitative estimate of drug-likeness (QED) is 0.667. The fourth-order valence-corrected chi connectivity index (χ4v) is 3.11. The van der Waals surface area contributed by atoms with Crippen LogP contribution in [0.2, 0.25) is 0 Å². The second kappa shape index (κ2) is 4.25. The van der Waals surface area contributed by atoms with Crippen molar-refractivity contribution in [3.8, 4) is 0 Å². The van der Waals surface area contributed by atoms with Gasteiger partial charge in [-0.3, -0.25) is 4.79 Å². The molecule has 102 valence electrons. The van der Waals surface area contributed by atoms with Gasteiger partial charge in [-0.25, -0.2) is 4.79 Å². The Morgan fingerprint density at radius 2 is 2.00 bits per heavy atom. The molecule has 0 unspecified atom stereocenters. The molecule has 2 rings (SSSR count). The number of ketones is 1. The molecule has 4 heteroatoms. The van der Waals surface area contributed by atoms with Gasteiger partial charge >= 0.3 is 6.09 Å². The van der Waals surface area contributed by atoms with E-state index in [0.717, 1.165) is 12.8 Å². The molecule has 2 aliphatic rings. The van der Waals surface area contributed by atoms with E-state index < -0.39 is 5.60 Å². The van der Waals surface area contributed by atoms with Crippen LogP contribution in [-0.4, -0.2) is 35.0 Å². The topological polar surface area (TPSA) is 46.6 Å². The molecule has 0 aromatic rings. The minimum atomic E-state index is -0.446. The summed E-state index contributed by atoms with van der Waals surface area (Å²) >= 11 is 0. The van der Waals surface area contributed by atoms with E-state index in [1.807, 2.05) is 27.7 Å². The lowest BCUT2D eigenvalue weighted by atomic mass is 9.61. The van der Waals surface area contributed by atoms with E-state index in [-0.39, 0.29) is 17.6 Å². The Kier molecular flexibility index (Phi) is 3.16. The minimum Gasteiger partial charge on any atom is -0.444 e. The van der Waals surface area contributed by atoms with Gasteiger partial charge in [-0.05, 0) is 46.0 Å². The number of carbonyl (C=O) groups excluding carboxylic acids is 2. The molecule has 1 saturated carbocycles. The Morgan fingerprint density at radius 1 is 1.39 bits per heavy atom. The van der Waals surface area contributed by atoms with E-state index in [1.165, 1.54) is 0 Å². The van der Waals surface area contributed by atoms with Gasteiger partial charge in [-0.1, -0.05) is 0 Å². The molecule has 0 aromatic heterocycles. The molecule has 1 aliphatic carbocycles. The lowest BCUT2D eigenvalue weighted by molar-refractivity contribution is -0.136. The Hall–Kier alpha value is -1.06. The summed E-state index contributed by atoms with van der Waals surface area (Å²) in [6, 6.07) is 0.168. The summed E-state index contributed by atoms with van der Waals surface area (Å²) in [6.07, 6.45) is 3.05. The number of hydrogen-bond acceptors (Lipinski definition) is 3. The van der Waals surface area contributed by atoms with Gasteiger partial charge < -0.3 is 9.64 Å². The third-order valence-corrected chi connectivity index (χ3v) is 3.92. The second-order valence-electron chi connectivity index (χ2n) is 6.87. The Labute approximate surface area is 109 Å². The van der Waals surface area contributed by atoms with Crippen LogP contribution in [0.4, 0.5) is 4.79 Å². The van der Waals surface area contributed by atoms with Crippen molar-refractivity contribution in [2.24, 2.45) is 5.41 Å². The highest BCUT2D eigenvalue weighted by Crippen LogP contribution is 2.48. The second-order valence-corrected chi connectivity index (χ2v) is 6.87. The molecular formula is C14H23NO3.